The van der Waals surface area contributed by atoms with Gasteiger partial charge in [-0.2, -0.15) is 9.57 Å². The summed E-state index contributed by atoms with van der Waals surface area (Å²) in [6.07, 6.45) is 0.199. The topological polar surface area (TPSA) is 121 Å². The number of nitriles is 1. The van der Waals surface area contributed by atoms with Gasteiger partial charge in [-0.3, -0.25) is 4.79 Å². The van der Waals surface area contributed by atoms with Gasteiger partial charge in [-0.05, 0) is 12.1 Å². The fourth-order valence-corrected chi connectivity index (χ4v) is 3.38. The van der Waals surface area contributed by atoms with Crippen molar-refractivity contribution >= 4 is 16.0 Å². The summed E-state index contributed by atoms with van der Waals surface area (Å²) in [4.78, 5) is 14.4. The summed E-state index contributed by atoms with van der Waals surface area (Å²) in [5, 5.41) is 17.4. The van der Waals surface area contributed by atoms with E-state index in [1.165, 1.54) is 16.4 Å². The summed E-state index contributed by atoms with van der Waals surface area (Å²) in [7, 11) is -3.77. The molecule has 0 saturated carbocycles. The summed E-state index contributed by atoms with van der Waals surface area (Å²) < 4.78 is 31.3. The van der Waals surface area contributed by atoms with Gasteiger partial charge >= 0.3 is 5.97 Å². The Balaban J connectivity index is 2.18. The van der Waals surface area contributed by atoms with Crippen LogP contribution in [0.1, 0.15) is 12.1 Å². The van der Waals surface area contributed by atoms with E-state index in [0.29, 0.717) is 0 Å². The number of hydrogen-bond donors (Lipinski definition) is 1. The van der Waals surface area contributed by atoms with Crippen LogP contribution in [0.5, 0.6) is 0 Å². The maximum atomic E-state index is 12.4. The predicted molar refractivity (Wildman–Crippen MR) is 69.7 cm³/mol. The molecule has 2 rings (SSSR count). The summed E-state index contributed by atoms with van der Waals surface area (Å²) >= 11 is 0. The Morgan fingerprint density at radius 3 is 2.90 bits per heavy atom. The number of carboxylic acid groups (broad SMARTS) is 1. The van der Waals surface area contributed by atoms with Gasteiger partial charge in [-0.1, -0.05) is 0 Å². The normalized spacial score (nSPS) is 19.9. The number of sulfonamides is 1. The molecule has 0 aliphatic carbocycles. The second kappa shape index (κ2) is 6.17. The van der Waals surface area contributed by atoms with Crippen molar-refractivity contribution in [2.24, 2.45) is 0 Å². The molecule has 1 saturated heterocycles. The summed E-state index contributed by atoms with van der Waals surface area (Å²) in [6.45, 7) is 0.272. The molecule has 8 nitrogen and oxygen atoms in total. The van der Waals surface area contributed by atoms with Crippen LogP contribution >= 0.6 is 0 Å². The fourth-order valence-electron chi connectivity index (χ4n) is 1.98. The standard InChI is InChI=1S/C12H13N3O5S/c13-6-9-1-2-11(7-14-9)21(18,19)15-3-4-20-10(8-15)5-12(16)17/h1-2,7,10H,3-5,8H2,(H,16,17). The number of aromatic nitrogens is 1. The second-order valence-corrected chi connectivity index (χ2v) is 6.38. The third-order valence-electron chi connectivity index (χ3n) is 2.99. The van der Waals surface area contributed by atoms with E-state index in [1.54, 1.807) is 0 Å². The fraction of sp³-hybridized carbons (Fsp3) is 0.417. The van der Waals surface area contributed by atoms with Gasteiger partial charge in [0.05, 0.1) is 19.1 Å². The molecule has 1 aliphatic rings. The van der Waals surface area contributed by atoms with Gasteiger partial charge in [0.1, 0.15) is 16.7 Å². The number of hydrogen-bond acceptors (Lipinski definition) is 6. The number of nitrogens with zero attached hydrogens (tertiary/aromatic N) is 3. The van der Waals surface area contributed by atoms with Crippen LogP contribution in [0.3, 0.4) is 0 Å². The average Bonchev–Trinajstić information content (AvgIpc) is 2.47. The highest BCUT2D eigenvalue weighted by atomic mass is 32.2. The Hall–Kier alpha value is -2.02. The molecule has 1 aromatic heterocycles. The van der Waals surface area contributed by atoms with Crippen molar-refractivity contribution in [1.29, 1.82) is 5.26 Å². The van der Waals surface area contributed by atoms with Crippen molar-refractivity contribution in [3.8, 4) is 6.07 Å². The molecule has 0 aromatic carbocycles. The van der Waals surface area contributed by atoms with Gasteiger partial charge < -0.3 is 9.84 Å². The SMILES string of the molecule is N#Cc1ccc(S(=O)(=O)N2CCOC(CC(=O)O)C2)cn1. The first-order valence-electron chi connectivity index (χ1n) is 6.13. The van der Waals surface area contributed by atoms with Crippen LogP contribution in [0.15, 0.2) is 23.2 Å². The van der Waals surface area contributed by atoms with Crippen LogP contribution in [0.2, 0.25) is 0 Å². The molecular weight excluding hydrogens is 298 g/mol. The van der Waals surface area contributed by atoms with E-state index in [0.717, 1.165) is 6.20 Å². The molecule has 0 spiro atoms. The molecule has 2 heterocycles. The second-order valence-electron chi connectivity index (χ2n) is 4.44. The van der Waals surface area contributed by atoms with Crippen LogP contribution < -0.4 is 0 Å². The first-order valence-corrected chi connectivity index (χ1v) is 7.57. The quantitative estimate of drug-likeness (QED) is 0.818. The highest BCUT2D eigenvalue weighted by Gasteiger charge is 2.31. The van der Waals surface area contributed by atoms with E-state index in [9.17, 15) is 13.2 Å². The lowest BCUT2D eigenvalue weighted by Gasteiger charge is -2.31. The molecular formula is C12H13N3O5S. The number of aliphatic carboxylic acids is 1. The minimum absolute atomic E-state index is 0.0192. The van der Waals surface area contributed by atoms with Crippen molar-refractivity contribution < 1.29 is 23.1 Å². The minimum atomic E-state index is -3.77. The van der Waals surface area contributed by atoms with Gasteiger partial charge in [0.15, 0.2) is 0 Å². The van der Waals surface area contributed by atoms with E-state index in [2.05, 4.69) is 4.98 Å². The van der Waals surface area contributed by atoms with Crippen molar-refractivity contribution in [3.05, 3.63) is 24.0 Å². The zero-order chi connectivity index (χ0) is 15.5. The van der Waals surface area contributed by atoms with Crippen LogP contribution in [0.4, 0.5) is 0 Å². The Morgan fingerprint density at radius 2 is 2.33 bits per heavy atom. The number of morpholine rings is 1. The largest absolute Gasteiger partial charge is 0.481 e. The smallest absolute Gasteiger partial charge is 0.306 e. The molecule has 0 amide bonds. The van der Waals surface area contributed by atoms with Crippen LogP contribution in [0, 0.1) is 11.3 Å². The molecule has 0 radical (unpaired) electrons. The maximum absolute atomic E-state index is 12.4. The molecule has 9 heteroatoms. The lowest BCUT2D eigenvalue weighted by Crippen LogP contribution is -2.46. The Bertz CT molecular complexity index is 665. The lowest BCUT2D eigenvalue weighted by atomic mass is 10.2. The van der Waals surface area contributed by atoms with Crippen LogP contribution in [-0.4, -0.2) is 54.6 Å². The number of rotatable bonds is 4. The first kappa shape index (κ1) is 15.4. The molecule has 1 unspecified atom stereocenters. The van der Waals surface area contributed by atoms with Crippen molar-refractivity contribution in [3.63, 3.8) is 0 Å². The van der Waals surface area contributed by atoms with E-state index in [4.69, 9.17) is 15.1 Å². The molecule has 21 heavy (non-hydrogen) atoms. The predicted octanol–water partition coefficient (Wildman–Crippen LogP) is -0.183. The molecule has 1 atom stereocenters. The van der Waals surface area contributed by atoms with E-state index in [1.807, 2.05) is 6.07 Å². The van der Waals surface area contributed by atoms with Gasteiger partial charge in [0.25, 0.3) is 0 Å². The van der Waals surface area contributed by atoms with E-state index < -0.39 is 22.1 Å². The first-order chi connectivity index (χ1) is 9.93. The Labute approximate surface area is 121 Å². The zero-order valence-corrected chi connectivity index (χ0v) is 11.8. The maximum Gasteiger partial charge on any atom is 0.306 e. The summed E-state index contributed by atoms with van der Waals surface area (Å²) in [5.74, 6) is -1.04. The third kappa shape index (κ3) is 3.55. The highest BCUT2D eigenvalue weighted by Crippen LogP contribution is 2.19. The summed E-state index contributed by atoms with van der Waals surface area (Å²) in [5.41, 5.74) is 0.125. The van der Waals surface area contributed by atoms with Gasteiger partial charge in [-0.25, -0.2) is 13.4 Å². The van der Waals surface area contributed by atoms with E-state index >= 15 is 0 Å². The Morgan fingerprint density at radius 1 is 1.57 bits per heavy atom. The molecule has 1 aliphatic heterocycles. The summed E-state index contributed by atoms with van der Waals surface area (Å²) in [6, 6.07) is 4.44. The number of carbonyl (C=O) groups is 1. The minimum Gasteiger partial charge on any atom is -0.481 e. The van der Waals surface area contributed by atoms with Gasteiger partial charge in [0, 0.05) is 19.3 Å². The van der Waals surface area contributed by atoms with Crippen LogP contribution in [-0.2, 0) is 19.6 Å². The van der Waals surface area contributed by atoms with Gasteiger partial charge in [0.2, 0.25) is 10.0 Å². The van der Waals surface area contributed by atoms with Crippen molar-refractivity contribution in [1.82, 2.24) is 9.29 Å². The number of pyridine rings is 1. The number of ether oxygens (including phenoxy) is 1. The lowest BCUT2D eigenvalue weighted by molar-refractivity contribution is -0.141. The molecule has 112 valence electrons. The molecule has 1 fully saturated rings. The highest BCUT2D eigenvalue weighted by molar-refractivity contribution is 7.89. The third-order valence-corrected chi connectivity index (χ3v) is 4.84. The average molecular weight is 311 g/mol. The molecule has 1 aromatic rings. The number of carboxylic acids is 1. The van der Waals surface area contributed by atoms with Crippen LogP contribution in [0.25, 0.3) is 0 Å². The molecule has 1 N–H and O–H groups in total. The van der Waals surface area contributed by atoms with Gasteiger partial charge in [-0.15, -0.1) is 0 Å². The zero-order valence-electron chi connectivity index (χ0n) is 11.0. The van der Waals surface area contributed by atoms with Crippen molar-refractivity contribution in [2.45, 2.75) is 17.4 Å². The van der Waals surface area contributed by atoms with E-state index in [-0.39, 0.29) is 36.7 Å². The monoisotopic (exact) mass is 311 g/mol. The molecule has 0 bridgehead atoms. The Kier molecular flexibility index (Phi) is 4.52. The van der Waals surface area contributed by atoms with Crippen molar-refractivity contribution in [2.75, 3.05) is 19.7 Å².